The monoisotopic (exact) mass is 599 g/mol. The number of carbonyl (C=O) groups excluding carboxylic acids is 1. The molecule has 0 aliphatic carbocycles. The van der Waals surface area contributed by atoms with E-state index >= 15 is 0 Å². The number of likely N-dealkylation sites (tertiary alicyclic amines) is 1. The second kappa shape index (κ2) is 10.9. The minimum absolute atomic E-state index is 0.0300. The lowest BCUT2D eigenvalue weighted by Gasteiger charge is -2.28. The average molecular weight is 600 g/mol. The van der Waals surface area contributed by atoms with Crippen LogP contribution in [0.15, 0.2) is 77.6 Å². The van der Waals surface area contributed by atoms with Crippen LogP contribution in [0.25, 0.3) is 28.2 Å². The molecule has 1 fully saturated rings. The number of aromatic amines is 2. The maximum Gasteiger partial charge on any atom is 0.435 e. The SMILES string of the molecule is O=C1c2c(c(C(F)(F)F)nn2-c2ccccc2-c2n[nH]c(=O)[nH]2)CCN1c1ccc(-c2ccccc2CN2CCCC2)cc1. The highest BCUT2D eigenvalue weighted by Gasteiger charge is 2.43. The number of halogens is 3. The number of H-pyrrole nitrogens is 2. The van der Waals surface area contributed by atoms with Gasteiger partial charge in [-0.25, -0.2) is 14.6 Å². The molecule has 2 N–H and O–H groups in total. The molecule has 3 aromatic carbocycles. The number of nitrogens with one attached hydrogen (secondary N) is 2. The van der Waals surface area contributed by atoms with Crippen LogP contribution in [0.4, 0.5) is 18.9 Å². The summed E-state index contributed by atoms with van der Waals surface area (Å²) < 4.78 is 43.6. The van der Waals surface area contributed by atoms with Crippen LogP contribution in [0.1, 0.15) is 40.2 Å². The van der Waals surface area contributed by atoms with E-state index in [9.17, 15) is 22.8 Å². The molecule has 44 heavy (non-hydrogen) atoms. The number of aromatic nitrogens is 5. The minimum Gasteiger partial charge on any atom is -0.307 e. The van der Waals surface area contributed by atoms with Crippen LogP contribution < -0.4 is 10.6 Å². The van der Waals surface area contributed by atoms with Crippen LogP contribution in [0.5, 0.6) is 0 Å². The molecule has 0 bridgehead atoms. The second-order valence-corrected chi connectivity index (χ2v) is 11.0. The highest BCUT2D eigenvalue weighted by atomic mass is 19.4. The van der Waals surface area contributed by atoms with Crippen molar-refractivity contribution in [3.05, 3.63) is 106 Å². The molecular weight excluding hydrogens is 571 g/mol. The van der Waals surface area contributed by atoms with Gasteiger partial charge in [0.1, 0.15) is 5.69 Å². The van der Waals surface area contributed by atoms with Crippen LogP contribution in [0, 0.1) is 0 Å². The largest absolute Gasteiger partial charge is 0.435 e. The van der Waals surface area contributed by atoms with E-state index in [2.05, 4.69) is 37.3 Å². The molecule has 224 valence electrons. The number of hydrogen-bond donors (Lipinski definition) is 2. The van der Waals surface area contributed by atoms with E-state index in [1.807, 2.05) is 36.4 Å². The molecule has 5 aromatic rings. The summed E-state index contributed by atoms with van der Waals surface area (Å²) in [7, 11) is 0. The Kier molecular flexibility index (Phi) is 6.92. The van der Waals surface area contributed by atoms with Gasteiger partial charge in [-0.1, -0.05) is 48.5 Å². The number of benzene rings is 3. The molecule has 1 amide bonds. The summed E-state index contributed by atoms with van der Waals surface area (Å²) in [6.07, 6.45) is -2.38. The summed E-state index contributed by atoms with van der Waals surface area (Å²) in [5, 5.41) is 10.1. The van der Waals surface area contributed by atoms with Gasteiger partial charge in [0.15, 0.2) is 11.5 Å². The van der Waals surface area contributed by atoms with E-state index in [1.165, 1.54) is 29.4 Å². The van der Waals surface area contributed by atoms with Gasteiger partial charge in [-0.15, -0.1) is 0 Å². The van der Waals surface area contributed by atoms with E-state index in [0.29, 0.717) is 11.3 Å². The summed E-state index contributed by atoms with van der Waals surface area (Å²) in [6.45, 7) is 3.11. The number of nitrogens with zero attached hydrogens (tertiary/aromatic N) is 5. The lowest BCUT2D eigenvalue weighted by molar-refractivity contribution is -0.141. The maximum absolute atomic E-state index is 14.2. The quantitative estimate of drug-likeness (QED) is 0.271. The zero-order valence-corrected chi connectivity index (χ0v) is 23.6. The zero-order valence-electron chi connectivity index (χ0n) is 23.6. The topological polar surface area (TPSA) is 103 Å². The van der Waals surface area contributed by atoms with Crippen LogP contribution in [-0.2, 0) is 19.1 Å². The Balaban J connectivity index is 1.25. The van der Waals surface area contributed by atoms with E-state index in [-0.39, 0.29) is 35.7 Å². The molecule has 2 aliphatic rings. The number of carbonyl (C=O) groups is 1. The lowest BCUT2D eigenvalue weighted by atomic mass is 9.98. The smallest absolute Gasteiger partial charge is 0.307 e. The summed E-state index contributed by atoms with van der Waals surface area (Å²) >= 11 is 0. The third kappa shape index (κ3) is 5.00. The van der Waals surface area contributed by atoms with Gasteiger partial charge in [0.05, 0.1) is 5.69 Å². The predicted octanol–water partition coefficient (Wildman–Crippen LogP) is 5.44. The first kappa shape index (κ1) is 27.8. The Morgan fingerprint density at radius 3 is 2.25 bits per heavy atom. The zero-order chi connectivity index (χ0) is 30.4. The molecule has 9 nitrogen and oxygen atoms in total. The first-order chi connectivity index (χ1) is 21.3. The lowest BCUT2D eigenvalue weighted by Crippen LogP contribution is -2.39. The third-order valence-corrected chi connectivity index (χ3v) is 8.27. The van der Waals surface area contributed by atoms with Gasteiger partial charge >= 0.3 is 11.9 Å². The summed E-state index contributed by atoms with van der Waals surface area (Å²) in [5.41, 5.74) is 2.40. The fraction of sp³-hybridized carbons (Fsp3) is 0.250. The normalized spacial score (nSPS) is 15.6. The van der Waals surface area contributed by atoms with Gasteiger partial charge in [-0.2, -0.15) is 23.4 Å². The maximum atomic E-state index is 14.2. The second-order valence-electron chi connectivity index (χ2n) is 11.0. The summed E-state index contributed by atoms with van der Waals surface area (Å²) in [5.74, 6) is -0.481. The molecular formula is C32H28F3N7O2. The summed E-state index contributed by atoms with van der Waals surface area (Å²) in [6, 6.07) is 22.2. The molecule has 0 unspecified atom stereocenters. The van der Waals surface area contributed by atoms with Gasteiger partial charge in [0.2, 0.25) is 0 Å². The Morgan fingerprint density at radius 1 is 0.841 bits per heavy atom. The minimum atomic E-state index is -4.77. The first-order valence-electron chi connectivity index (χ1n) is 14.4. The Bertz CT molecular complexity index is 1900. The fourth-order valence-corrected chi connectivity index (χ4v) is 6.21. The standard InChI is InChI=1S/C32H28F3N7O2/c33-32(34,35)28-25-15-18-41(22-13-11-20(12-14-22)23-8-2-1-7-21(23)19-40-16-5-6-17-40)30(43)27(25)42(39-28)26-10-4-3-9-24(26)29-36-31(44)38-37-29/h1-4,7-14H,5-6,15-19H2,(H2,36,37,38,44). The van der Waals surface area contributed by atoms with Gasteiger partial charge in [0, 0.05) is 29.9 Å². The number of fused-ring (bicyclic) bond motifs is 1. The van der Waals surface area contributed by atoms with E-state index in [4.69, 9.17) is 0 Å². The van der Waals surface area contributed by atoms with Crippen molar-refractivity contribution < 1.29 is 18.0 Å². The Labute approximate surface area is 249 Å². The van der Waals surface area contributed by atoms with Crippen molar-refractivity contribution in [1.82, 2.24) is 29.9 Å². The highest BCUT2D eigenvalue weighted by molar-refractivity contribution is 6.08. The van der Waals surface area contributed by atoms with Crippen molar-refractivity contribution in [3.63, 3.8) is 0 Å². The predicted molar refractivity (Wildman–Crippen MR) is 159 cm³/mol. The van der Waals surface area contributed by atoms with E-state index < -0.39 is 23.5 Å². The highest BCUT2D eigenvalue weighted by Crippen LogP contribution is 2.38. The fourth-order valence-electron chi connectivity index (χ4n) is 6.21. The van der Waals surface area contributed by atoms with Gasteiger partial charge in [-0.05, 0) is 73.3 Å². The van der Waals surface area contributed by atoms with Gasteiger partial charge in [-0.3, -0.25) is 14.7 Å². The number of hydrogen-bond acceptors (Lipinski definition) is 5. The number of alkyl halides is 3. The molecule has 12 heteroatoms. The molecule has 0 saturated carbocycles. The molecule has 4 heterocycles. The molecule has 0 atom stereocenters. The molecule has 2 aromatic heterocycles. The molecule has 1 saturated heterocycles. The Hall–Kier alpha value is -4.97. The molecule has 7 rings (SSSR count). The summed E-state index contributed by atoms with van der Waals surface area (Å²) in [4.78, 5) is 32.2. The van der Waals surface area contributed by atoms with Gasteiger partial charge in [0.25, 0.3) is 5.91 Å². The molecule has 2 aliphatic heterocycles. The van der Waals surface area contributed by atoms with Crippen molar-refractivity contribution in [2.45, 2.75) is 32.0 Å². The van der Waals surface area contributed by atoms with Crippen molar-refractivity contribution in [2.75, 3.05) is 24.5 Å². The Morgan fingerprint density at radius 2 is 1.55 bits per heavy atom. The van der Waals surface area contributed by atoms with Crippen molar-refractivity contribution in [2.24, 2.45) is 0 Å². The van der Waals surface area contributed by atoms with E-state index in [1.54, 1.807) is 18.2 Å². The van der Waals surface area contributed by atoms with Gasteiger partial charge < -0.3 is 4.90 Å². The van der Waals surface area contributed by atoms with Crippen LogP contribution in [-0.4, -0.2) is 55.4 Å². The number of rotatable bonds is 6. The van der Waals surface area contributed by atoms with Crippen LogP contribution in [0.2, 0.25) is 0 Å². The average Bonchev–Trinajstić information content (AvgIpc) is 3.78. The van der Waals surface area contributed by atoms with Crippen LogP contribution in [0.3, 0.4) is 0 Å². The number of para-hydroxylation sites is 1. The van der Waals surface area contributed by atoms with E-state index in [0.717, 1.165) is 35.4 Å². The van der Waals surface area contributed by atoms with Crippen LogP contribution >= 0.6 is 0 Å². The molecule has 0 radical (unpaired) electrons. The number of anilines is 1. The molecule has 0 spiro atoms. The number of amides is 1. The first-order valence-corrected chi connectivity index (χ1v) is 14.4. The van der Waals surface area contributed by atoms with Crippen molar-refractivity contribution in [3.8, 4) is 28.2 Å². The van der Waals surface area contributed by atoms with Crippen molar-refractivity contribution in [1.29, 1.82) is 0 Å². The van der Waals surface area contributed by atoms with Crippen molar-refractivity contribution >= 4 is 11.6 Å². The third-order valence-electron chi connectivity index (χ3n) is 8.27.